The number of rotatable bonds is 3. The SMILES string of the molecule is Cc1cccc(Sc2cc(NN)nc(C(F)(F)F)n2)c1. The molecule has 8 heteroatoms. The van der Waals surface area contributed by atoms with Crippen LogP contribution in [0.2, 0.25) is 0 Å². The summed E-state index contributed by atoms with van der Waals surface area (Å²) in [6.45, 7) is 1.90. The normalized spacial score (nSPS) is 11.4. The zero-order valence-corrected chi connectivity index (χ0v) is 11.2. The minimum Gasteiger partial charge on any atom is -0.308 e. The number of nitrogens with one attached hydrogen (secondary N) is 1. The molecule has 20 heavy (non-hydrogen) atoms. The van der Waals surface area contributed by atoms with Gasteiger partial charge in [0.25, 0.3) is 0 Å². The summed E-state index contributed by atoms with van der Waals surface area (Å²) in [5, 5.41) is 0.172. The van der Waals surface area contributed by atoms with Gasteiger partial charge in [-0.1, -0.05) is 29.5 Å². The van der Waals surface area contributed by atoms with Gasteiger partial charge in [0, 0.05) is 11.0 Å². The fraction of sp³-hybridized carbons (Fsp3) is 0.167. The van der Waals surface area contributed by atoms with Gasteiger partial charge in [0.15, 0.2) is 0 Å². The van der Waals surface area contributed by atoms with Crippen molar-refractivity contribution in [1.82, 2.24) is 9.97 Å². The van der Waals surface area contributed by atoms with Gasteiger partial charge in [0.05, 0.1) is 0 Å². The number of hydrogen-bond acceptors (Lipinski definition) is 5. The molecule has 0 aliphatic rings. The van der Waals surface area contributed by atoms with Gasteiger partial charge >= 0.3 is 6.18 Å². The van der Waals surface area contributed by atoms with E-state index < -0.39 is 12.0 Å². The third-order valence-corrected chi connectivity index (χ3v) is 3.22. The molecule has 0 radical (unpaired) electrons. The molecule has 0 saturated carbocycles. The summed E-state index contributed by atoms with van der Waals surface area (Å²) in [7, 11) is 0. The number of alkyl halides is 3. The summed E-state index contributed by atoms with van der Waals surface area (Å²) >= 11 is 1.11. The van der Waals surface area contributed by atoms with E-state index in [1.807, 2.05) is 25.1 Å². The molecule has 1 aromatic carbocycles. The maximum atomic E-state index is 12.7. The molecular formula is C12H11F3N4S. The summed E-state index contributed by atoms with van der Waals surface area (Å²) < 4.78 is 38.1. The summed E-state index contributed by atoms with van der Waals surface area (Å²) in [6, 6.07) is 8.74. The van der Waals surface area contributed by atoms with Crippen LogP contribution in [0, 0.1) is 6.92 Å². The Balaban J connectivity index is 2.36. The van der Waals surface area contributed by atoms with Crippen molar-refractivity contribution >= 4 is 17.6 Å². The quantitative estimate of drug-likeness (QED) is 0.517. The second-order valence-electron chi connectivity index (χ2n) is 3.98. The topological polar surface area (TPSA) is 63.8 Å². The second-order valence-corrected chi connectivity index (χ2v) is 5.07. The Labute approximate surface area is 117 Å². The summed E-state index contributed by atoms with van der Waals surface area (Å²) in [4.78, 5) is 7.60. The Kier molecular flexibility index (Phi) is 4.15. The van der Waals surface area contributed by atoms with E-state index in [-0.39, 0.29) is 10.8 Å². The minimum atomic E-state index is -4.62. The molecule has 2 rings (SSSR count). The number of aromatic nitrogens is 2. The van der Waals surface area contributed by atoms with Crippen molar-refractivity contribution < 1.29 is 13.2 Å². The highest BCUT2D eigenvalue weighted by molar-refractivity contribution is 7.99. The highest BCUT2D eigenvalue weighted by atomic mass is 32.2. The first-order valence-corrected chi connectivity index (χ1v) is 6.37. The van der Waals surface area contributed by atoms with Crippen molar-refractivity contribution in [2.45, 2.75) is 23.0 Å². The smallest absolute Gasteiger partial charge is 0.308 e. The highest BCUT2D eigenvalue weighted by Crippen LogP contribution is 2.32. The molecule has 4 nitrogen and oxygen atoms in total. The van der Waals surface area contributed by atoms with Gasteiger partial charge in [-0.2, -0.15) is 13.2 Å². The van der Waals surface area contributed by atoms with Gasteiger partial charge in [-0.3, -0.25) is 0 Å². The molecule has 0 unspecified atom stereocenters. The van der Waals surface area contributed by atoms with Gasteiger partial charge < -0.3 is 5.43 Å². The molecule has 0 fully saturated rings. The molecule has 0 amide bonds. The number of aryl methyl sites for hydroxylation is 1. The number of nitrogens with zero attached hydrogens (tertiary/aromatic N) is 2. The lowest BCUT2D eigenvalue weighted by Crippen LogP contribution is -2.16. The zero-order valence-electron chi connectivity index (χ0n) is 10.4. The number of anilines is 1. The first kappa shape index (κ1) is 14.6. The lowest BCUT2D eigenvalue weighted by Gasteiger charge is -2.09. The van der Waals surface area contributed by atoms with E-state index in [4.69, 9.17) is 5.84 Å². The Morgan fingerprint density at radius 3 is 2.55 bits per heavy atom. The predicted octanol–water partition coefficient (Wildman–Crippen LogP) is 3.24. The molecule has 3 N–H and O–H groups in total. The summed E-state index contributed by atoms with van der Waals surface area (Å²) in [5.74, 6) is 3.83. The monoisotopic (exact) mass is 300 g/mol. The molecule has 0 aliphatic heterocycles. The van der Waals surface area contributed by atoms with E-state index in [1.165, 1.54) is 6.07 Å². The van der Waals surface area contributed by atoms with Gasteiger partial charge in [0.1, 0.15) is 10.8 Å². The summed E-state index contributed by atoms with van der Waals surface area (Å²) in [6.07, 6.45) is -4.62. The van der Waals surface area contributed by atoms with Crippen molar-refractivity contribution in [3.05, 3.63) is 41.7 Å². The molecule has 0 aliphatic carbocycles. The molecule has 0 bridgehead atoms. The fourth-order valence-corrected chi connectivity index (χ4v) is 2.41. The molecule has 2 aromatic rings. The van der Waals surface area contributed by atoms with Crippen LogP contribution < -0.4 is 11.3 Å². The van der Waals surface area contributed by atoms with Crippen LogP contribution in [0.4, 0.5) is 19.0 Å². The average Bonchev–Trinajstić information content (AvgIpc) is 2.37. The second kappa shape index (κ2) is 5.68. The van der Waals surface area contributed by atoms with Crippen molar-refractivity contribution in [2.24, 2.45) is 5.84 Å². The van der Waals surface area contributed by atoms with Crippen molar-refractivity contribution in [3.63, 3.8) is 0 Å². The van der Waals surface area contributed by atoms with E-state index in [2.05, 4.69) is 15.4 Å². The van der Waals surface area contributed by atoms with Gasteiger partial charge in [-0.15, -0.1) is 0 Å². The van der Waals surface area contributed by atoms with Crippen LogP contribution in [0.1, 0.15) is 11.4 Å². The molecular weight excluding hydrogens is 289 g/mol. The maximum absolute atomic E-state index is 12.7. The minimum absolute atomic E-state index is 0.0810. The molecule has 1 heterocycles. The van der Waals surface area contributed by atoms with Crippen LogP contribution in [0.3, 0.4) is 0 Å². The van der Waals surface area contributed by atoms with Gasteiger partial charge in [0.2, 0.25) is 5.82 Å². The van der Waals surface area contributed by atoms with E-state index >= 15 is 0 Å². The van der Waals surface area contributed by atoms with E-state index in [0.717, 1.165) is 22.2 Å². The lowest BCUT2D eigenvalue weighted by molar-refractivity contribution is -0.145. The van der Waals surface area contributed by atoms with Crippen LogP contribution >= 0.6 is 11.8 Å². The molecule has 106 valence electrons. The fourth-order valence-electron chi connectivity index (χ4n) is 1.48. The summed E-state index contributed by atoms with van der Waals surface area (Å²) in [5.41, 5.74) is 3.12. The van der Waals surface area contributed by atoms with Crippen LogP contribution in [-0.4, -0.2) is 9.97 Å². The highest BCUT2D eigenvalue weighted by Gasteiger charge is 2.35. The number of nitrogens with two attached hydrogens (primary N) is 1. The van der Waals surface area contributed by atoms with Crippen LogP contribution in [0.25, 0.3) is 0 Å². The van der Waals surface area contributed by atoms with Crippen LogP contribution in [0.5, 0.6) is 0 Å². The number of nitrogen functional groups attached to an aromatic ring is 1. The van der Waals surface area contributed by atoms with Crippen LogP contribution in [-0.2, 0) is 6.18 Å². The van der Waals surface area contributed by atoms with Crippen LogP contribution in [0.15, 0.2) is 40.3 Å². The Morgan fingerprint density at radius 1 is 1.20 bits per heavy atom. The number of halogens is 3. The Bertz CT molecular complexity index is 616. The van der Waals surface area contributed by atoms with E-state index in [0.29, 0.717) is 0 Å². The Hall–Kier alpha value is -1.80. The van der Waals surface area contributed by atoms with Crippen molar-refractivity contribution in [2.75, 3.05) is 5.43 Å². The van der Waals surface area contributed by atoms with Crippen molar-refractivity contribution in [3.8, 4) is 0 Å². The standard InChI is InChI=1S/C12H11F3N4S/c1-7-3-2-4-8(5-7)20-10-6-9(19-16)17-11(18-10)12(13,14)15/h2-6H,16H2,1H3,(H,17,18,19). The number of benzene rings is 1. The average molecular weight is 300 g/mol. The first-order chi connectivity index (χ1) is 9.38. The predicted molar refractivity (Wildman–Crippen MR) is 70.1 cm³/mol. The van der Waals surface area contributed by atoms with E-state index in [1.54, 1.807) is 6.07 Å². The lowest BCUT2D eigenvalue weighted by atomic mass is 10.2. The largest absolute Gasteiger partial charge is 0.451 e. The zero-order chi connectivity index (χ0) is 14.8. The van der Waals surface area contributed by atoms with Crippen molar-refractivity contribution in [1.29, 1.82) is 0 Å². The molecule has 0 saturated heterocycles. The maximum Gasteiger partial charge on any atom is 0.451 e. The number of hydrazine groups is 1. The molecule has 1 aromatic heterocycles. The molecule has 0 atom stereocenters. The van der Waals surface area contributed by atoms with Gasteiger partial charge in [-0.05, 0) is 19.1 Å². The molecule has 0 spiro atoms. The Morgan fingerprint density at radius 2 is 1.95 bits per heavy atom. The third kappa shape index (κ3) is 3.61. The first-order valence-electron chi connectivity index (χ1n) is 5.56. The number of hydrogen-bond donors (Lipinski definition) is 2. The van der Waals surface area contributed by atoms with E-state index in [9.17, 15) is 13.2 Å². The van der Waals surface area contributed by atoms with Gasteiger partial charge in [-0.25, -0.2) is 15.8 Å². The third-order valence-electron chi connectivity index (χ3n) is 2.32.